The van der Waals surface area contributed by atoms with Gasteiger partial charge in [-0.2, -0.15) is 9.97 Å². The Labute approximate surface area is 271 Å². The highest BCUT2D eigenvalue weighted by Crippen LogP contribution is 2.48. The van der Waals surface area contributed by atoms with E-state index in [1.807, 2.05) is 4.90 Å². The number of aromatic nitrogens is 3. The van der Waals surface area contributed by atoms with E-state index in [1.165, 1.54) is 31.4 Å². The number of benzene rings is 2. The van der Waals surface area contributed by atoms with E-state index in [0.29, 0.717) is 36.9 Å². The zero-order valence-electron chi connectivity index (χ0n) is 26.7. The summed E-state index contributed by atoms with van der Waals surface area (Å²) in [6.07, 6.45) is 12.5. The van der Waals surface area contributed by atoms with Crippen LogP contribution in [0.3, 0.4) is 0 Å². The van der Waals surface area contributed by atoms with Crippen LogP contribution in [0.25, 0.3) is 32.9 Å². The predicted molar refractivity (Wildman–Crippen MR) is 175 cm³/mol. The van der Waals surface area contributed by atoms with Crippen LogP contribution >= 0.6 is 0 Å². The molecule has 11 heteroatoms. The minimum absolute atomic E-state index is 0.0114. The molecule has 2 aliphatic heterocycles. The fourth-order valence-corrected chi connectivity index (χ4v) is 8.24. The van der Waals surface area contributed by atoms with Crippen molar-refractivity contribution in [2.24, 2.45) is 11.3 Å². The second-order valence-electron chi connectivity index (χ2n) is 13.2. The summed E-state index contributed by atoms with van der Waals surface area (Å²) in [6, 6.07) is 5.80. The summed E-state index contributed by atoms with van der Waals surface area (Å²) in [7, 11) is 3.56. The number of pyridine rings is 1. The number of hydrogen-bond donors (Lipinski definition) is 1. The molecule has 3 unspecified atom stereocenters. The molecule has 4 aromatic rings. The molecule has 3 fully saturated rings. The van der Waals surface area contributed by atoms with Gasteiger partial charge in [0.2, 0.25) is 5.88 Å². The van der Waals surface area contributed by atoms with Crippen LogP contribution in [0.1, 0.15) is 50.5 Å². The highest BCUT2D eigenvalue weighted by molar-refractivity contribution is 6.04. The molecule has 8 nitrogen and oxygen atoms in total. The van der Waals surface area contributed by atoms with Gasteiger partial charge >= 0.3 is 6.01 Å². The topological polar surface area (TPSA) is 83.8 Å². The maximum atomic E-state index is 17.0. The van der Waals surface area contributed by atoms with Crippen molar-refractivity contribution in [2.45, 2.75) is 51.0 Å². The van der Waals surface area contributed by atoms with Gasteiger partial charge in [-0.1, -0.05) is 18.4 Å². The molecule has 3 atom stereocenters. The van der Waals surface area contributed by atoms with Gasteiger partial charge < -0.3 is 24.4 Å². The Hall–Kier alpha value is -4.30. The first-order valence-corrected chi connectivity index (χ1v) is 16.3. The van der Waals surface area contributed by atoms with Gasteiger partial charge in [0.25, 0.3) is 0 Å². The van der Waals surface area contributed by atoms with Crippen LogP contribution < -0.4 is 14.4 Å². The number of ether oxygens (including phenoxy) is 2. The van der Waals surface area contributed by atoms with Crippen LogP contribution in [-0.2, 0) is 0 Å². The van der Waals surface area contributed by atoms with Gasteiger partial charge in [0.05, 0.1) is 26.0 Å². The molecular formula is C36H38F3N5O3. The third kappa shape index (κ3) is 5.36. The van der Waals surface area contributed by atoms with Gasteiger partial charge in [0, 0.05) is 41.4 Å². The van der Waals surface area contributed by atoms with Crippen LogP contribution in [0.15, 0.2) is 24.3 Å². The van der Waals surface area contributed by atoms with Gasteiger partial charge in [-0.25, -0.2) is 13.8 Å². The monoisotopic (exact) mass is 645 g/mol. The van der Waals surface area contributed by atoms with E-state index in [9.17, 15) is 13.9 Å². The number of hydrogen-bond acceptors (Lipinski definition) is 8. The number of phenols is 1. The normalized spacial score (nSPS) is 23.2. The third-order valence-electron chi connectivity index (χ3n) is 10.5. The quantitative estimate of drug-likeness (QED) is 0.224. The summed E-state index contributed by atoms with van der Waals surface area (Å²) in [6.45, 7) is 1.91. The molecule has 2 aromatic carbocycles. The fourth-order valence-electron chi connectivity index (χ4n) is 8.24. The molecule has 0 bridgehead atoms. The van der Waals surface area contributed by atoms with E-state index in [2.05, 4.69) is 27.8 Å². The lowest BCUT2D eigenvalue weighted by Crippen LogP contribution is -2.50. The molecule has 1 saturated carbocycles. The Morgan fingerprint density at radius 1 is 1.06 bits per heavy atom. The number of likely N-dealkylation sites (tertiary alicyclic amines) is 1. The summed E-state index contributed by atoms with van der Waals surface area (Å²) in [5, 5.41) is 11.5. The average Bonchev–Trinajstić information content (AvgIpc) is 3.53. The lowest BCUT2D eigenvalue weighted by Gasteiger charge is -2.44. The zero-order chi connectivity index (χ0) is 32.9. The van der Waals surface area contributed by atoms with Crippen molar-refractivity contribution in [2.75, 3.05) is 52.0 Å². The molecule has 47 heavy (non-hydrogen) atoms. The fraction of sp³-hybridized carbons (Fsp3) is 0.472. The first-order valence-electron chi connectivity index (χ1n) is 16.3. The van der Waals surface area contributed by atoms with Crippen molar-refractivity contribution in [3.63, 3.8) is 0 Å². The molecule has 1 aliphatic carbocycles. The Kier molecular flexibility index (Phi) is 8.25. The molecule has 1 N–H and O–H groups in total. The Balaban J connectivity index is 1.43. The molecule has 0 radical (unpaired) electrons. The second-order valence-corrected chi connectivity index (χ2v) is 13.2. The van der Waals surface area contributed by atoms with Gasteiger partial charge in [-0.05, 0) is 75.7 Å². The molecule has 7 rings (SSSR count). The van der Waals surface area contributed by atoms with E-state index >= 15 is 4.39 Å². The molecule has 2 aromatic heterocycles. The Morgan fingerprint density at radius 3 is 2.68 bits per heavy atom. The SMILES string of the molecule is C#Cc1c(F)ccc2cc(O)cc(-c3nc(OC)c4c(N5CCCC(CF)C5)nc(OCC56CCCC5N(C)CCC6)nc4c3F)c12. The van der Waals surface area contributed by atoms with E-state index in [-0.39, 0.29) is 62.1 Å². The van der Waals surface area contributed by atoms with Crippen LogP contribution in [-0.4, -0.2) is 78.1 Å². The van der Waals surface area contributed by atoms with Crippen molar-refractivity contribution in [3.8, 4) is 41.2 Å². The number of fused-ring (bicyclic) bond motifs is 3. The van der Waals surface area contributed by atoms with Crippen molar-refractivity contribution in [1.82, 2.24) is 19.9 Å². The lowest BCUT2D eigenvalue weighted by molar-refractivity contribution is 0.0133. The first kappa shape index (κ1) is 31.3. The van der Waals surface area contributed by atoms with Crippen LogP contribution in [0.4, 0.5) is 19.0 Å². The van der Waals surface area contributed by atoms with Crippen LogP contribution in [0.2, 0.25) is 0 Å². The van der Waals surface area contributed by atoms with Crippen molar-refractivity contribution < 1.29 is 27.8 Å². The predicted octanol–water partition coefficient (Wildman–Crippen LogP) is 6.65. The lowest BCUT2D eigenvalue weighted by atomic mass is 9.76. The summed E-state index contributed by atoms with van der Waals surface area (Å²) in [5.41, 5.74) is -0.381. The van der Waals surface area contributed by atoms with Gasteiger partial charge in [-0.3, -0.25) is 4.39 Å². The van der Waals surface area contributed by atoms with E-state index in [4.69, 9.17) is 20.9 Å². The first-order chi connectivity index (χ1) is 22.8. The number of alkyl halides is 1. The van der Waals surface area contributed by atoms with Crippen LogP contribution in [0, 0.1) is 35.3 Å². The molecule has 246 valence electrons. The molecule has 2 saturated heterocycles. The number of terminal acetylenes is 1. The number of rotatable bonds is 7. The standard InChI is InChI=1S/C36H38F3N5O3/c1-4-24-26(38)11-10-22-16-23(45)17-25(28(22)24)31-30(39)32-29(34(40-31)46-3)33(44-15-6-8-21(18-37)19-44)42-35(41-32)47-20-36-12-5-9-27(36)43(2)14-7-13-36/h1,10-11,16-17,21,27,45H,5-9,12-15,18-20H2,2-3H3. The molecule has 3 aliphatic rings. The number of halogens is 3. The summed E-state index contributed by atoms with van der Waals surface area (Å²) >= 11 is 0. The average molecular weight is 646 g/mol. The summed E-state index contributed by atoms with van der Waals surface area (Å²) in [5.74, 6) is 0.880. The smallest absolute Gasteiger partial charge is 0.319 e. The second kappa shape index (κ2) is 12.4. The summed E-state index contributed by atoms with van der Waals surface area (Å²) < 4.78 is 58.0. The van der Waals surface area contributed by atoms with E-state index in [1.54, 1.807) is 0 Å². The van der Waals surface area contributed by atoms with Crippen molar-refractivity contribution >= 4 is 27.5 Å². The van der Waals surface area contributed by atoms with E-state index in [0.717, 1.165) is 51.5 Å². The van der Waals surface area contributed by atoms with Crippen molar-refractivity contribution in [1.29, 1.82) is 0 Å². The van der Waals surface area contributed by atoms with E-state index < -0.39 is 18.3 Å². The Bertz CT molecular complexity index is 1900. The molecule has 0 spiro atoms. The van der Waals surface area contributed by atoms with Gasteiger partial charge in [0.15, 0.2) is 5.82 Å². The molecular weight excluding hydrogens is 607 g/mol. The highest BCUT2D eigenvalue weighted by atomic mass is 19.1. The Morgan fingerprint density at radius 2 is 1.89 bits per heavy atom. The minimum atomic E-state index is -0.832. The van der Waals surface area contributed by atoms with Gasteiger partial charge in [-0.15, -0.1) is 6.42 Å². The maximum Gasteiger partial charge on any atom is 0.319 e. The van der Waals surface area contributed by atoms with Crippen LogP contribution in [0.5, 0.6) is 17.6 Å². The number of phenolic OH excluding ortho intramolecular Hbond substituents is 1. The number of piperidine rings is 2. The third-order valence-corrected chi connectivity index (χ3v) is 10.5. The molecule has 0 amide bonds. The number of nitrogens with zero attached hydrogens (tertiary/aromatic N) is 5. The summed E-state index contributed by atoms with van der Waals surface area (Å²) in [4.78, 5) is 18.3. The van der Waals surface area contributed by atoms with Crippen molar-refractivity contribution in [3.05, 3.63) is 41.5 Å². The largest absolute Gasteiger partial charge is 0.508 e. The highest BCUT2D eigenvalue weighted by Gasteiger charge is 2.47. The number of methoxy groups -OCH3 is 1. The maximum absolute atomic E-state index is 17.0. The number of anilines is 1. The molecule has 4 heterocycles. The number of aromatic hydroxyl groups is 1. The van der Waals surface area contributed by atoms with Gasteiger partial charge in [0.1, 0.15) is 34.0 Å². The zero-order valence-corrected chi connectivity index (χ0v) is 26.7. The minimum Gasteiger partial charge on any atom is -0.508 e.